The van der Waals surface area contributed by atoms with Crippen molar-refractivity contribution in [2.24, 2.45) is 0 Å². The van der Waals surface area contributed by atoms with Gasteiger partial charge in [-0.2, -0.15) is 11.8 Å². The molecule has 5 heteroatoms. The molecule has 0 fully saturated rings. The van der Waals surface area contributed by atoms with Crippen molar-refractivity contribution in [3.8, 4) is 11.4 Å². The number of aryl methyl sites for hydroxylation is 1. The Labute approximate surface area is 117 Å². The quantitative estimate of drug-likeness (QED) is 0.876. The van der Waals surface area contributed by atoms with E-state index in [2.05, 4.69) is 25.9 Å². The third-order valence-electron chi connectivity index (χ3n) is 3.03. The Morgan fingerprint density at radius 2 is 2.22 bits per heavy atom. The smallest absolute Gasteiger partial charge is 0.255 e. The monoisotopic (exact) mass is 322 g/mol. The topological polar surface area (TPSA) is 45.8 Å². The molecule has 0 saturated heterocycles. The van der Waals surface area contributed by atoms with Crippen LogP contribution in [0.5, 0.6) is 0 Å². The van der Waals surface area contributed by atoms with Crippen LogP contribution in [0.1, 0.15) is 16.8 Å². The number of hydrogen-bond acceptors (Lipinski definition) is 3. The molecule has 1 aromatic carbocycles. The molecule has 2 aromatic rings. The van der Waals surface area contributed by atoms with Gasteiger partial charge in [0.05, 0.1) is 5.69 Å². The molecule has 1 N–H and O–H groups in total. The average Bonchev–Trinajstić information content (AvgIpc) is 2.77. The number of fused-ring (bicyclic) bond motifs is 1. The van der Waals surface area contributed by atoms with Gasteiger partial charge in [0.2, 0.25) is 0 Å². The highest BCUT2D eigenvalue weighted by molar-refractivity contribution is 9.10. The van der Waals surface area contributed by atoms with E-state index in [9.17, 15) is 4.79 Å². The van der Waals surface area contributed by atoms with E-state index in [-0.39, 0.29) is 5.56 Å². The standard InChI is InChI=1S/C13H11BrN2OS/c1-7-4-8(14)2-3-9(7)12-15-11-6-18-5-10(11)13(17)16-12/h2-4H,5-6H2,1H3,(H,15,16,17). The summed E-state index contributed by atoms with van der Waals surface area (Å²) in [6.45, 7) is 2.02. The van der Waals surface area contributed by atoms with Crippen LogP contribution in [0.2, 0.25) is 0 Å². The third kappa shape index (κ3) is 2.01. The van der Waals surface area contributed by atoms with Crippen molar-refractivity contribution in [3.05, 3.63) is 49.8 Å². The van der Waals surface area contributed by atoms with Crippen LogP contribution in [0, 0.1) is 6.92 Å². The highest BCUT2D eigenvalue weighted by atomic mass is 79.9. The molecule has 0 unspecified atom stereocenters. The van der Waals surface area contributed by atoms with E-state index < -0.39 is 0 Å². The molecule has 92 valence electrons. The predicted molar refractivity (Wildman–Crippen MR) is 77.7 cm³/mol. The molecule has 1 aliphatic heterocycles. The van der Waals surface area contributed by atoms with Gasteiger partial charge in [-0.15, -0.1) is 0 Å². The van der Waals surface area contributed by atoms with E-state index in [1.54, 1.807) is 11.8 Å². The fourth-order valence-electron chi connectivity index (χ4n) is 2.08. The van der Waals surface area contributed by atoms with Gasteiger partial charge in [-0.25, -0.2) is 4.98 Å². The van der Waals surface area contributed by atoms with E-state index in [0.29, 0.717) is 5.82 Å². The minimum Gasteiger partial charge on any atom is -0.306 e. The van der Waals surface area contributed by atoms with Crippen molar-refractivity contribution in [2.45, 2.75) is 18.4 Å². The Hall–Kier alpha value is -1.07. The summed E-state index contributed by atoms with van der Waals surface area (Å²) in [5.74, 6) is 2.28. The van der Waals surface area contributed by atoms with Gasteiger partial charge in [-0.3, -0.25) is 4.79 Å². The molecule has 1 aromatic heterocycles. The van der Waals surface area contributed by atoms with Gasteiger partial charge < -0.3 is 4.98 Å². The molecule has 0 saturated carbocycles. The second-order valence-electron chi connectivity index (χ2n) is 4.29. The van der Waals surface area contributed by atoms with Crippen molar-refractivity contribution >= 4 is 27.7 Å². The number of aromatic amines is 1. The Bertz CT molecular complexity index is 681. The molecule has 0 bridgehead atoms. The van der Waals surface area contributed by atoms with Gasteiger partial charge >= 0.3 is 0 Å². The van der Waals surface area contributed by atoms with Gasteiger partial charge in [-0.05, 0) is 30.7 Å². The lowest BCUT2D eigenvalue weighted by molar-refractivity contribution is 1.03. The van der Waals surface area contributed by atoms with Crippen LogP contribution in [-0.4, -0.2) is 9.97 Å². The Balaban J connectivity index is 2.18. The summed E-state index contributed by atoms with van der Waals surface area (Å²) in [6, 6.07) is 5.97. The third-order valence-corrected chi connectivity index (χ3v) is 4.49. The zero-order chi connectivity index (χ0) is 12.7. The zero-order valence-corrected chi connectivity index (χ0v) is 12.2. The highest BCUT2D eigenvalue weighted by Crippen LogP contribution is 2.28. The van der Waals surface area contributed by atoms with Crippen LogP contribution in [0.25, 0.3) is 11.4 Å². The van der Waals surface area contributed by atoms with Gasteiger partial charge in [0.25, 0.3) is 5.56 Å². The van der Waals surface area contributed by atoms with Crippen LogP contribution < -0.4 is 5.56 Å². The number of hydrogen-bond donors (Lipinski definition) is 1. The minimum atomic E-state index is 0.00215. The van der Waals surface area contributed by atoms with Gasteiger partial charge in [-0.1, -0.05) is 15.9 Å². The van der Waals surface area contributed by atoms with Crippen LogP contribution in [0.3, 0.4) is 0 Å². The maximum absolute atomic E-state index is 12.0. The van der Waals surface area contributed by atoms with Crippen LogP contribution in [0.4, 0.5) is 0 Å². The summed E-state index contributed by atoms with van der Waals surface area (Å²) < 4.78 is 1.03. The number of nitrogens with zero attached hydrogens (tertiary/aromatic N) is 1. The lowest BCUT2D eigenvalue weighted by atomic mass is 10.1. The van der Waals surface area contributed by atoms with E-state index in [1.807, 2.05) is 25.1 Å². The fraction of sp³-hybridized carbons (Fsp3) is 0.231. The number of rotatable bonds is 1. The van der Waals surface area contributed by atoms with Crippen molar-refractivity contribution in [3.63, 3.8) is 0 Å². The number of nitrogens with one attached hydrogen (secondary N) is 1. The zero-order valence-electron chi connectivity index (χ0n) is 9.79. The molecular weight excluding hydrogens is 312 g/mol. The lowest BCUT2D eigenvalue weighted by Gasteiger charge is -2.07. The van der Waals surface area contributed by atoms with Gasteiger partial charge in [0.15, 0.2) is 0 Å². The van der Waals surface area contributed by atoms with E-state index in [1.165, 1.54) is 0 Å². The number of benzene rings is 1. The summed E-state index contributed by atoms with van der Waals surface area (Å²) in [5, 5.41) is 0. The maximum atomic E-state index is 12.0. The molecule has 3 nitrogen and oxygen atoms in total. The summed E-state index contributed by atoms with van der Waals surface area (Å²) in [4.78, 5) is 19.4. The van der Waals surface area contributed by atoms with Crippen molar-refractivity contribution in [2.75, 3.05) is 0 Å². The van der Waals surface area contributed by atoms with Gasteiger partial charge in [0.1, 0.15) is 5.82 Å². The largest absolute Gasteiger partial charge is 0.306 e. The number of thioether (sulfide) groups is 1. The fourth-order valence-corrected chi connectivity index (χ4v) is 3.59. The van der Waals surface area contributed by atoms with Crippen LogP contribution in [0.15, 0.2) is 27.5 Å². The molecule has 2 heterocycles. The van der Waals surface area contributed by atoms with Gasteiger partial charge in [0, 0.05) is 27.1 Å². The number of H-pyrrole nitrogens is 1. The second-order valence-corrected chi connectivity index (χ2v) is 6.19. The first-order valence-corrected chi connectivity index (χ1v) is 7.56. The first-order chi connectivity index (χ1) is 8.65. The minimum absolute atomic E-state index is 0.00215. The summed E-state index contributed by atoms with van der Waals surface area (Å²) in [5.41, 5.74) is 3.84. The summed E-state index contributed by atoms with van der Waals surface area (Å²) in [7, 11) is 0. The molecule has 0 aliphatic carbocycles. The van der Waals surface area contributed by atoms with Crippen molar-refractivity contribution < 1.29 is 0 Å². The average molecular weight is 323 g/mol. The maximum Gasteiger partial charge on any atom is 0.255 e. The normalized spacial score (nSPS) is 13.7. The summed E-state index contributed by atoms with van der Waals surface area (Å²) in [6.07, 6.45) is 0. The van der Waals surface area contributed by atoms with E-state index >= 15 is 0 Å². The first kappa shape index (κ1) is 12.0. The Morgan fingerprint density at radius 3 is 3.00 bits per heavy atom. The SMILES string of the molecule is Cc1cc(Br)ccc1-c1nc2c(c(=O)[nH]1)CSC2. The predicted octanol–water partition coefficient (Wildman–Crippen LogP) is 3.25. The highest BCUT2D eigenvalue weighted by Gasteiger charge is 2.18. The molecule has 0 atom stereocenters. The molecule has 0 amide bonds. The van der Waals surface area contributed by atoms with Crippen LogP contribution in [-0.2, 0) is 11.5 Å². The number of halogens is 1. The van der Waals surface area contributed by atoms with Crippen molar-refractivity contribution in [1.29, 1.82) is 0 Å². The molecule has 18 heavy (non-hydrogen) atoms. The summed E-state index contributed by atoms with van der Waals surface area (Å²) >= 11 is 5.17. The first-order valence-electron chi connectivity index (χ1n) is 5.61. The van der Waals surface area contributed by atoms with E-state index in [4.69, 9.17) is 0 Å². The molecular formula is C13H11BrN2OS. The molecule has 3 rings (SSSR count). The van der Waals surface area contributed by atoms with E-state index in [0.717, 1.165) is 38.4 Å². The van der Waals surface area contributed by atoms with Crippen LogP contribution >= 0.6 is 27.7 Å². The number of aromatic nitrogens is 2. The molecule has 0 radical (unpaired) electrons. The Morgan fingerprint density at radius 1 is 1.39 bits per heavy atom. The van der Waals surface area contributed by atoms with Crippen molar-refractivity contribution in [1.82, 2.24) is 9.97 Å². The molecule has 1 aliphatic rings. The molecule has 0 spiro atoms. The lowest BCUT2D eigenvalue weighted by Crippen LogP contribution is -2.15. The second kappa shape index (κ2) is 4.55. The Kier molecular flexibility index (Phi) is 3.03.